The number of nitrogens with zero attached hydrogens (tertiary/aromatic N) is 6. The molecule has 0 radical (unpaired) electrons. The number of likely N-dealkylation sites (tertiary alicyclic amines) is 1. The van der Waals surface area contributed by atoms with Crippen molar-refractivity contribution in [3.05, 3.63) is 35.5 Å². The number of fused-ring (bicyclic) bond motifs is 1. The van der Waals surface area contributed by atoms with Crippen LogP contribution in [0, 0.1) is 6.92 Å². The maximum absolute atomic E-state index is 4.78. The molecule has 0 aromatic carbocycles. The van der Waals surface area contributed by atoms with Crippen molar-refractivity contribution in [2.24, 2.45) is 0 Å². The second-order valence-corrected chi connectivity index (χ2v) is 8.12. The molecule has 4 heterocycles. The molecule has 2 aliphatic heterocycles. The van der Waals surface area contributed by atoms with Gasteiger partial charge in [-0.05, 0) is 51.5 Å². The van der Waals surface area contributed by atoms with Crippen LogP contribution >= 0.6 is 0 Å². The van der Waals surface area contributed by atoms with Gasteiger partial charge in [0.2, 0.25) is 0 Å². The highest BCUT2D eigenvalue weighted by Gasteiger charge is 2.36. The van der Waals surface area contributed by atoms with Crippen molar-refractivity contribution in [3.8, 4) is 0 Å². The van der Waals surface area contributed by atoms with Gasteiger partial charge in [-0.3, -0.25) is 9.58 Å². The maximum atomic E-state index is 4.78. The third-order valence-electron chi connectivity index (χ3n) is 6.05. The first kappa shape index (κ1) is 16.2. The predicted octanol–water partition coefficient (Wildman–Crippen LogP) is 2.56. The van der Waals surface area contributed by atoms with Gasteiger partial charge in [-0.25, -0.2) is 9.97 Å². The van der Waals surface area contributed by atoms with Crippen LogP contribution < -0.4 is 4.90 Å². The summed E-state index contributed by atoms with van der Waals surface area (Å²) < 4.78 is 2.20. The van der Waals surface area contributed by atoms with E-state index >= 15 is 0 Å². The van der Waals surface area contributed by atoms with Crippen LogP contribution in [-0.4, -0.2) is 49.8 Å². The van der Waals surface area contributed by atoms with E-state index in [0.717, 1.165) is 37.7 Å². The van der Waals surface area contributed by atoms with Crippen LogP contribution in [0.1, 0.15) is 49.2 Å². The van der Waals surface area contributed by atoms with Crippen LogP contribution in [0.3, 0.4) is 0 Å². The number of anilines is 1. The summed E-state index contributed by atoms with van der Waals surface area (Å²) in [4.78, 5) is 14.0. The van der Waals surface area contributed by atoms with Crippen LogP contribution in [0.4, 0.5) is 5.82 Å². The fourth-order valence-corrected chi connectivity index (χ4v) is 4.59. The molecule has 1 aliphatic carbocycles. The number of hydrogen-bond donors (Lipinski definition) is 0. The van der Waals surface area contributed by atoms with Gasteiger partial charge in [0.05, 0.1) is 5.69 Å². The molecule has 138 valence electrons. The Balaban J connectivity index is 1.22. The van der Waals surface area contributed by atoms with Crippen molar-refractivity contribution in [1.29, 1.82) is 0 Å². The van der Waals surface area contributed by atoms with Crippen molar-refractivity contribution in [2.45, 2.75) is 70.6 Å². The monoisotopic (exact) mass is 352 g/mol. The minimum Gasteiger partial charge on any atom is -0.350 e. The number of rotatable bonds is 5. The molecule has 0 unspecified atom stereocenters. The quantitative estimate of drug-likeness (QED) is 0.828. The van der Waals surface area contributed by atoms with Crippen molar-refractivity contribution >= 4 is 5.82 Å². The Hall–Kier alpha value is -1.95. The highest BCUT2D eigenvalue weighted by atomic mass is 15.3. The highest BCUT2D eigenvalue weighted by molar-refractivity contribution is 5.43. The summed E-state index contributed by atoms with van der Waals surface area (Å²) in [6, 6.07) is 5.77. The summed E-state index contributed by atoms with van der Waals surface area (Å²) in [6.07, 6.45) is 9.22. The van der Waals surface area contributed by atoms with Crippen molar-refractivity contribution < 1.29 is 0 Å². The molecule has 2 fully saturated rings. The molecule has 2 aromatic heterocycles. The predicted molar refractivity (Wildman–Crippen MR) is 101 cm³/mol. The zero-order valence-electron chi connectivity index (χ0n) is 15.6. The molecular formula is C20H28N6. The zero-order valence-corrected chi connectivity index (χ0v) is 15.6. The molecule has 1 saturated carbocycles. The minimum atomic E-state index is 0.611. The van der Waals surface area contributed by atoms with Gasteiger partial charge in [0.15, 0.2) is 0 Å². The fourth-order valence-electron chi connectivity index (χ4n) is 4.59. The van der Waals surface area contributed by atoms with E-state index in [0.29, 0.717) is 12.1 Å². The Morgan fingerprint density at radius 3 is 2.58 bits per heavy atom. The fraction of sp³-hybridized carbons (Fsp3) is 0.650. The average Bonchev–Trinajstić information content (AvgIpc) is 3.24. The van der Waals surface area contributed by atoms with Gasteiger partial charge in [-0.15, -0.1) is 0 Å². The summed E-state index contributed by atoms with van der Waals surface area (Å²) in [5, 5.41) is 4.78. The Kier molecular flexibility index (Phi) is 4.15. The first-order valence-corrected chi connectivity index (χ1v) is 10.1. The molecule has 0 spiro atoms. The van der Waals surface area contributed by atoms with E-state index in [1.54, 1.807) is 6.33 Å². The number of hydrogen-bond acceptors (Lipinski definition) is 5. The normalized spacial score (nSPS) is 21.1. The van der Waals surface area contributed by atoms with Crippen molar-refractivity contribution in [3.63, 3.8) is 0 Å². The molecule has 0 amide bonds. The van der Waals surface area contributed by atoms with Gasteiger partial charge in [-0.2, -0.15) is 5.10 Å². The molecule has 3 aliphatic rings. The summed E-state index contributed by atoms with van der Waals surface area (Å²) in [5.41, 5.74) is 3.74. The van der Waals surface area contributed by atoms with Gasteiger partial charge in [0, 0.05) is 55.7 Å². The van der Waals surface area contributed by atoms with Crippen LogP contribution in [0.2, 0.25) is 0 Å². The lowest BCUT2D eigenvalue weighted by Crippen LogP contribution is -2.46. The summed E-state index contributed by atoms with van der Waals surface area (Å²) in [7, 11) is 0. The number of aromatic nitrogens is 4. The van der Waals surface area contributed by atoms with E-state index in [1.807, 2.05) is 0 Å². The van der Waals surface area contributed by atoms with Gasteiger partial charge in [-0.1, -0.05) is 0 Å². The maximum Gasteiger partial charge on any atom is 0.132 e. The number of piperidine rings is 1. The molecule has 6 nitrogen and oxygen atoms in total. The second kappa shape index (κ2) is 6.65. The molecular weight excluding hydrogens is 324 g/mol. The van der Waals surface area contributed by atoms with E-state index in [2.05, 4.69) is 43.5 Å². The van der Waals surface area contributed by atoms with Gasteiger partial charge in [0.1, 0.15) is 12.1 Å². The molecule has 26 heavy (non-hydrogen) atoms. The third kappa shape index (κ3) is 3.22. The smallest absolute Gasteiger partial charge is 0.132 e. The molecule has 6 heteroatoms. The summed E-state index contributed by atoms with van der Waals surface area (Å²) in [6.45, 7) is 6.47. The van der Waals surface area contributed by atoms with Crippen LogP contribution in [0.25, 0.3) is 0 Å². The van der Waals surface area contributed by atoms with E-state index in [4.69, 9.17) is 5.10 Å². The Morgan fingerprint density at radius 1 is 1.04 bits per heavy atom. The van der Waals surface area contributed by atoms with Crippen LogP contribution in [-0.2, 0) is 19.5 Å². The Bertz CT molecular complexity index is 751. The van der Waals surface area contributed by atoms with E-state index in [1.165, 1.54) is 49.9 Å². The van der Waals surface area contributed by atoms with Crippen molar-refractivity contribution in [2.75, 3.05) is 18.0 Å². The highest BCUT2D eigenvalue weighted by Crippen LogP contribution is 2.35. The van der Waals surface area contributed by atoms with E-state index in [9.17, 15) is 0 Å². The number of aryl methyl sites for hydroxylation is 3. The topological polar surface area (TPSA) is 50.1 Å². The van der Waals surface area contributed by atoms with Crippen LogP contribution in [0.15, 0.2) is 18.5 Å². The van der Waals surface area contributed by atoms with Gasteiger partial charge in [0.25, 0.3) is 0 Å². The van der Waals surface area contributed by atoms with Gasteiger partial charge >= 0.3 is 0 Å². The molecule has 5 rings (SSSR count). The molecule has 0 atom stereocenters. The Labute approximate surface area is 155 Å². The average molecular weight is 352 g/mol. The second-order valence-electron chi connectivity index (χ2n) is 8.12. The zero-order chi connectivity index (χ0) is 17.5. The van der Waals surface area contributed by atoms with Gasteiger partial charge < -0.3 is 4.90 Å². The van der Waals surface area contributed by atoms with E-state index in [-0.39, 0.29) is 0 Å². The lowest BCUT2D eigenvalue weighted by molar-refractivity contribution is 0.198. The first-order chi connectivity index (χ1) is 12.8. The Morgan fingerprint density at radius 2 is 1.85 bits per heavy atom. The first-order valence-electron chi connectivity index (χ1n) is 10.1. The molecule has 0 bridgehead atoms. The largest absolute Gasteiger partial charge is 0.350 e. The lowest BCUT2D eigenvalue weighted by atomic mass is 10.0. The third-order valence-corrected chi connectivity index (χ3v) is 6.05. The van der Waals surface area contributed by atoms with Crippen molar-refractivity contribution in [1.82, 2.24) is 24.6 Å². The summed E-state index contributed by atoms with van der Waals surface area (Å²) in [5.74, 6) is 1.13. The SMILES string of the molecule is Cc1cc(N(C2CC2)C2CCN(Cc3cc4n(n3)CCC4)CC2)ncn1. The van der Waals surface area contributed by atoms with E-state index < -0.39 is 0 Å². The molecule has 0 N–H and O–H groups in total. The summed E-state index contributed by atoms with van der Waals surface area (Å²) >= 11 is 0. The molecule has 1 saturated heterocycles. The van der Waals surface area contributed by atoms with Crippen LogP contribution in [0.5, 0.6) is 0 Å². The minimum absolute atomic E-state index is 0.611. The standard InChI is InChI=1S/C20H28N6/c1-15-11-20(22-14-21-15)26(17-4-5-17)18-6-9-24(10-7-18)13-16-12-19-3-2-8-25(19)23-16/h11-12,14,17-18H,2-10,13H2,1H3. The lowest BCUT2D eigenvalue weighted by Gasteiger charge is -2.39. The molecule has 2 aromatic rings.